The molecule has 2 atom stereocenters. The third kappa shape index (κ3) is 1.87. The molecular formula is C25H18FNO2. The number of carbonyl (C=O) groups excluding carboxylic acids is 2. The van der Waals surface area contributed by atoms with Crippen molar-refractivity contribution in [3.05, 3.63) is 101 Å². The van der Waals surface area contributed by atoms with Crippen LogP contribution < -0.4 is 4.90 Å². The van der Waals surface area contributed by atoms with E-state index in [1.807, 2.05) is 24.3 Å². The molecule has 1 aliphatic heterocycles. The summed E-state index contributed by atoms with van der Waals surface area (Å²) in [5.41, 5.74) is 4.20. The number of benzene rings is 3. The van der Waals surface area contributed by atoms with Crippen LogP contribution in [0.2, 0.25) is 0 Å². The van der Waals surface area contributed by atoms with E-state index in [4.69, 9.17) is 0 Å². The van der Waals surface area contributed by atoms with E-state index < -0.39 is 23.1 Å². The minimum atomic E-state index is -0.596. The van der Waals surface area contributed by atoms with Crippen molar-refractivity contribution in [1.82, 2.24) is 0 Å². The lowest BCUT2D eigenvalue weighted by Gasteiger charge is -2.52. The maximum absolute atomic E-state index is 13.9. The van der Waals surface area contributed by atoms with Gasteiger partial charge in [-0.2, -0.15) is 0 Å². The number of nitrogens with zero attached hydrogens (tertiary/aromatic N) is 1. The molecule has 29 heavy (non-hydrogen) atoms. The monoisotopic (exact) mass is 383 g/mol. The lowest BCUT2D eigenvalue weighted by Crippen LogP contribution is -2.51. The molecule has 7 rings (SSSR count). The van der Waals surface area contributed by atoms with Crippen LogP contribution in [0, 0.1) is 17.7 Å². The van der Waals surface area contributed by atoms with Crippen LogP contribution in [0.5, 0.6) is 0 Å². The van der Waals surface area contributed by atoms with Gasteiger partial charge in [-0.3, -0.25) is 9.59 Å². The summed E-state index contributed by atoms with van der Waals surface area (Å²) in [4.78, 5) is 28.5. The van der Waals surface area contributed by atoms with Crippen molar-refractivity contribution in [3.8, 4) is 0 Å². The maximum Gasteiger partial charge on any atom is 0.238 e. The van der Waals surface area contributed by atoms with E-state index in [0.717, 1.165) is 22.3 Å². The van der Waals surface area contributed by atoms with E-state index in [2.05, 4.69) is 31.2 Å². The van der Waals surface area contributed by atoms with E-state index in [0.29, 0.717) is 5.69 Å². The highest BCUT2D eigenvalue weighted by atomic mass is 19.1. The van der Waals surface area contributed by atoms with Crippen LogP contribution in [0.3, 0.4) is 0 Å². The molecule has 4 heteroatoms. The molecule has 4 aliphatic rings. The maximum atomic E-state index is 13.9. The van der Waals surface area contributed by atoms with Gasteiger partial charge < -0.3 is 0 Å². The molecule has 1 fully saturated rings. The van der Waals surface area contributed by atoms with Crippen LogP contribution in [0.25, 0.3) is 0 Å². The second-order valence-corrected chi connectivity index (χ2v) is 8.35. The Morgan fingerprint density at radius 2 is 1.45 bits per heavy atom. The Bertz CT molecular complexity index is 1170. The summed E-state index contributed by atoms with van der Waals surface area (Å²) in [6.07, 6.45) is 0. The lowest BCUT2D eigenvalue weighted by atomic mass is 9.48. The number of amides is 2. The average Bonchev–Trinajstić information content (AvgIpc) is 3.00. The van der Waals surface area contributed by atoms with E-state index in [9.17, 15) is 14.0 Å². The fourth-order valence-corrected chi connectivity index (χ4v) is 6.02. The molecule has 0 spiro atoms. The summed E-state index contributed by atoms with van der Waals surface area (Å²) in [5.74, 6) is -2.05. The first-order valence-electron chi connectivity index (χ1n) is 9.85. The van der Waals surface area contributed by atoms with Gasteiger partial charge in [0.2, 0.25) is 11.8 Å². The van der Waals surface area contributed by atoms with Crippen LogP contribution in [-0.2, 0) is 15.0 Å². The molecule has 0 radical (unpaired) electrons. The predicted octanol–water partition coefficient (Wildman–Crippen LogP) is 4.40. The third-order valence-corrected chi connectivity index (χ3v) is 7.11. The Balaban J connectivity index is 1.63. The Labute approximate surface area is 167 Å². The van der Waals surface area contributed by atoms with Gasteiger partial charge in [0.05, 0.1) is 17.5 Å². The first-order chi connectivity index (χ1) is 14.0. The first kappa shape index (κ1) is 16.7. The number of anilines is 1. The van der Waals surface area contributed by atoms with E-state index in [1.54, 1.807) is 6.07 Å². The predicted molar refractivity (Wildman–Crippen MR) is 107 cm³/mol. The smallest absolute Gasteiger partial charge is 0.238 e. The van der Waals surface area contributed by atoms with Gasteiger partial charge in [-0.1, -0.05) is 61.5 Å². The zero-order valence-electron chi connectivity index (χ0n) is 15.8. The molecule has 0 saturated carbocycles. The summed E-state index contributed by atoms with van der Waals surface area (Å²) in [7, 11) is 0. The molecule has 3 nitrogen and oxygen atoms in total. The number of carbonyl (C=O) groups is 2. The van der Waals surface area contributed by atoms with Crippen molar-refractivity contribution >= 4 is 17.5 Å². The molecule has 2 bridgehead atoms. The van der Waals surface area contributed by atoms with E-state index in [1.165, 1.54) is 23.1 Å². The van der Waals surface area contributed by atoms with Gasteiger partial charge in [0, 0.05) is 11.3 Å². The van der Waals surface area contributed by atoms with Crippen molar-refractivity contribution in [2.24, 2.45) is 11.8 Å². The standard InChI is InChI=1S/C25H18FNO2/c1-25-18-11-4-2-9-16(18)20(17-10-3-5-12-19(17)25)21-22(25)24(29)27(23(21)28)15-8-6-7-14(26)13-15/h2-13,20-22H,1H3/t20?,21-,22-,25?/m0/s1. The number of halogens is 1. The van der Waals surface area contributed by atoms with E-state index in [-0.39, 0.29) is 17.7 Å². The second kappa shape index (κ2) is 5.41. The Morgan fingerprint density at radius 3 is 2.07 bits per heavy atom. The Hall–Kier alpha value is -3.27. The molecule has 0 N–H and O–H groups in total. The average molecular weight is 383 g/mol. The van der Waals surface area contributed by atoms with Crippen LogP contribution in [0.15, 0.2) is 72.8 Å². The van der Waals surface area contributed by atoms with Crippen molar-refractivity contribution < 1.29 is 14.0 Å². The minimum Gasteiger partial charge on any atom is -0.274 e. The van der Waals surface area contributed by atoms with Gasteiger partial charge in [0.1, 0.15) is 5.82 Å². The summed E-state index contributed by atoms with van der Waals surface area (Å²) >= 11 is 0. The molecular weight excluding hydrogens is 365 g/mol. The molecule has 2 amide bonds. The molecule has 3 aliphatic carbocycles. The van der Waals surface area contributed by atoms with Crippen molar-refractivity contribution in [1.29, 1.82) is 0 Å². The zero-order chi connectivity index (χ0) is 19.9. The van der Waals surface area contributed by atoms with Crippen molar-refractivity contribution in [3.63, 3.8) is 0 Å². The number of hydrogen-bond acceptors (Lipinski definition) is 2. The van der Waals surface area contributed by atoms with Crippen molar-refractivity contribution in [2.75, 3.05) is 4.90 Å². The number of hydrogen-bond donors (Lipinski definition) is 0. The van der Waals surface area contributed by atoms with Gasteiger partial charge in [-0.05, 0) is 40.5 Å². The van der Waals surface area contributed by atoms with Gasteiger partial charge in [-0.25, -0.2) is 9.29 Å². The van der Waals surface area contributed by atoms with Gasteiger partial charge in [0.25, 0.3) is 0 Å². The Kier molecular flexibility index (Phi) is 3.11. The lowest BCUT2D eigenvalue weighted by molar-refractivity contribution is -0.123. The fourth-order valence-electron chi connectivity index (χ4n) is 6.02. The summed E-state index contributed by atoms with van der Waals surface area (Å²) in [5, 5.41) is 0. The van der Waals surface area contributed by atoms with Gasteiger partial charge in [0.15, 0.2) is 0 Å². The zero-order valence-corrected chi connectivity index (χ0v) is 15.8. The van der Waals surface area contributed by atoms with Crippen molar-refractivity contribution in [2.45, 2.75) is 18.3 Å². The summed E-state index contributed by atoms with van der Waals surface area (Å²) in [6.45, 7) is 2.08. The first-order valence-corrected chi connectivity index (χ1v) is 9.85. The molecule has 3 aromatic carbocycles. The van der Waals surface area contributed by atoms with Gasteiger partial charge >= 0.3 is 0 Å². The van der Waals surface area contributed by atoms with Crippen LogP contribution >= 0.6 is 0 Å². The molecule has 1 heterocycles. The van der Waals surface area contributed by atoms with Gasteiger partial charge in [-0.15, -0.1) is 0 Å². The van der Waals surface area contributed by atoms with E-state index >= 15 is 0 Å². The minimum absolute atomic E-state index is 0.163. The molecule has 0 unspecified atom stereocenters. The Morgan fingerprint density at radius 1 is 0.828 bits per heavy atom. The second-order valence-electron chi connectivity index (χ2n) is 8.35. The molecule has 1 saturated heterocycles. The van der Waals surface area contributed by atoms with Crippen LogP contribution in [0.1, 0.15) is 35.1 Å². The number of rotatable bonds is 1. The normalized spacial score (nSPS) is 28.9. The summed E-state index contributed by atoms with van der Waals surface area (Å²) in [6, 6.07) is 22.0. The fraction of sp³-hybridized carbons (Fsp3) is 0.200. The molecule has 142 valence electrons. The topological polar surface area (TPSA) is 37.4 Å². The largest absolute Gasteiger partial charge is 0.274 e. The summed E-state index contributed by atoms with van der Waals surface area (Å²) < 4.78 is 13.9. The SMILES string of the molecule is CC12c3ccccc3C(c3ccccc31)[C@@H]1C(=O)N(c3cccc(F)c3)C(=O)[C@H]12. The van der Waals surface area contributed by atoms with Crippen LogP contribution in [0.4, 0.5) is 10.1 Å². The highest BCUT2D eigenvalue weighted by molar-refractivity contribution is 6.23. The quantitative estimate of drug-likeness (QED) is 0.584. The molecule has 0 aromatic heterocycles. The highest BCUT2D eigenvalue weighted by Gasteiger charge is 2.66. The highest BCUT2D eigenvalue weighted by Crippen LogP contribution is 2.64. The molecule has 3 aromatic rings. The van der Waals surface area contributed by atoms with Crippen LogP contribution in [-0.4, -0.2) is 11.8 Å². The number of imide groups is 1. The third-order valence-electron chi connectivity index (χ3n) is 7.11.